The molecule has 0 fully saturated rings. The summed E-state index contributed by atoms with van der Waals surface area (Å²) >= 11 is 0. The molecule has 0 unspecified atom stereocenters. The topological polar surface area (TPSA) is 0 Å². The van der Waals surface area contributed by atoms with E-state index in [-0.39, 0.29) is 584 Å². The SMILES string of the molecule is [CH2-]C.[CH2-]C.[CH3-].[CH3-].[CH3-].[CH3-].[CH3-].[CH3-].[CH3-].[CH3-].[CH3-].[CH3-].[CH3-].[CH3-].[CH3-].[CH3-].[CH3-].[CH3-].[CH3-].[Y].[Y].[Y].[Y].[Y].[Y].[Y].[Y].[Y].[Y].[Y].[Y].[Y].[Y]. The molecule has 0 saturated carbocycles. The summed E-state index contributed by atoms with van der Waals surface area (Å²) in [5.41, 5.74) is 0. The van der Waals surface area contributed by atoms with Gasteiger partial charge in [0.15, 0.2) is 0 Å². The molecule has 0 atom stereocenters. The zero-order chi connectivity index (χ0) is 4.00. The Kier molecular flexibility index (Phi) is 5630. The summed E-state index contributed by atoms with van der Waals surface area (Å²) in [7, 11) is 0. The smallest absolute Gasteiger partial charge is 0 e. The van der Waals surface area contributed by atoms with Crippen LogP contribution in [-0.4, -0.2) is 0 Å². The molecule has 0 aromatic carbocycles. The zero-order valence-corrected chi connectivity index (χ0v) is 68.2. The van der Waals surface area contributed by atoms with Crippen LogP contribution < -0.4 is 0 Å². The first-order valence-corrected chi connectivity index (χ1v) is 1.41. The van der Waals surface area contributed by atoms with Crippen molar-refractivity contribution in [3.63, 3.8) is 0 Å². The molecule has 0 aliphatic rings. The number of hydrogen-bond donors (Lipinski definition) is 0. The third-order valence-corrected chi connectivity index (χ3v) is 0. The molecule has 0 aromatic heterocycles. The van der Waals surface area contributed by atoms with Gasteiger partial charge in [0.25, 0.3) is 0 Å². The zero-order valence-electron chi connectivity index (χ0n) is 28.5. The van der Waals surface area contributed by atoms with E-state index in [1.165, 1.54) is 0 Å². The summed E-state index contributed by atoms with van der Waals surface area (Å²) in [6.07, 6.45) is 0. The fourth-order valence-corrected chi connectivity index (χ4v) is 0. The second kappa shape index (κ2) is 486. The van der Waals surface area contributed by atoms with Gasteiger partial charge in [0.1, 0.15) is 0 Å². The molecular formula is C21H61Y14-19. The van der Waals surface area contributed by atoms with Crippen molar-refractivity contribution < 1.29 is 458 Å². The maximum Gasteiger partial charge on any atom is 0 e. The van der Waals surface area contributed by atoms with E-state index >= 15 is 0 Å². The molecule has 0 rings (SSSR count). The van der Waals surface area contributed by atoms with E-state index in [4.69, 9.17) is 0 Å². The quantitative estimate of drug-likeness (QED) is 0.213. The molecule has 0 aromatic rings. The normalized spacial score (nSPS) is 0.343. The minimum atomic E-state index is 0. The Labute approximate surface area is 594 Å². The molecule has 0 spiro atoms. The van der Waals surface area contributed by atoms with Gasteiger partial charge in [-0.15, -0.1) is 0 Å². The third kappa shape index (κ3) is 466. The molecule has 0 aliphatic carbocycles. The van der Waals surface area contributed by atoms with Crippen molar-refractivity contribution in [2.45, 2.75) is 13.8 Å². The first kappa shape index (κ1) is 405. The van der Waals surface area contributed by atoms with Crippen molar-refractivity contribution in [2.24, 2.45) is 0 Å². The van der Waals surface area contributed by atoms with Gasteiger partial charge >= 0.3 is 0 Å². The second-order valence-corrected chi connectivity index (χ2v) is 0. The van der Waals surface area contributed by atoms with Crippen LogP contribution in [0, 0.1) is 140 Å². The predicted molar refractivity (Wildman–Crippen MR) is 131 cm³/mol. The van der Waals surface area contributed by atoms with Gasteiger partial charge in [0.05, 0.1) is 0 Å². The van der Waals surface area contributed by atoms with Crippen LogP contribution in [0.25, 0.3) is 0 Å². The predicted octanol–water partition coefficient (Wildman–Crippen LogP) is 9.30. The average Bonchev–Trinajstić information content (AvgIpc) is 1.50. The van der Waals surface area contributed by atoms with Crippen LogP contribution in [0.15, 0.2) is 0 Å². The van der Waals surface area contributed by atoms with Crippen molar-refractivity contribution in [1.82, 2.24) is 0 Å². The Hall–Kier alpha value is 15.5. The van der Waals surface area contributed by atoms with Gasteiger partial charge in [-0.1, -0.05) is 0 Å². The number of rotatable bonds is 0. The molecule has 14 radical (unpaired) electrons. The molecule has 0 amide bonds. The van der Waals surface area contributed by atoms with E-state index in [0.717, 1.165) is 0 Å². The Morgan fingerprint density at radius 1 is 0.143 bits per heavy atom. The first-order chi connectivity index (χ1) is 2.00. The fraction of sp³-hybridized carbons (Fsp3) is 0.0952. The van der Waals surface area contributed by atoms with Crippen LogP contribution in [0.2, 0.25) is 0 Å². The molecule has 0 heterocycles. The Morgan fingerprint density at radius 3 is 0.143 bits per heavy atom. The minimum Gasteiger partial charge on any atom is -0.358 e. The largest absolute Gasteiger partial charge is 0.358 e. The van der Waals surface area contributed by atoms with E-state index in [2.05, 4.69) is 13.8 Å². The van der Waals surface area contributed by atoms with Gasteiger partial charge in [-0.05, 0) is 0 Å². The summed E-state index contributed by atoms with van der Waals surface area (Å²) in [5.74, 6) is 0. The molecule has 14 heteroatoms. The molecule has 0 N–H and O–H groups in total. The monoisotopic (exact) mass is 1560 g/mol. The van der Waals surface area contributed by atoms with Crippen molar-refractivity contribution in [1.29, 1.82) is 0 Å². The Balaban J connectivity index is -0.0000000000391. The molecule has 206 valence electrons. The van der Waals surface area contributed by atoms with Crippen molar-refractivity contribution in [3.8, 4) is 0 Å². The van der Waals surface area contributed by atoms with Crippen molar-refractivity contribution >= 4 is 0 Å². The fourth-order valence-electron chi connectivity index (χ4n) is 0. The maximum atomic E-state index is 3.25. The Morgan fingerprint density at radius 2 is 0.143 bits per heavy atom. The summed E-state index contributed by atoms with van der Waals surface area (Å²) in [6, 6.07) is 0. The molecule has 0 bridgehead atoms. The van der Waals surface area contributed by atoms with Crippen LogP contribution in [0.5, 0.6) is 0 Å². The second-order valence-electron chi connectivity index (χ2n) is 0. The van der Waals surface area contributed by atoms with E-state index < -0.39 is 0 Å². The summed E-state index contributed by atoms with van der Waals surface area (Å²) in [6.45, 7) is 10.0. The van der Waals surface area contributed by atoms with E-state index in [0.29, 0.717) is 0 Å². The van der Waals surface area contributed by atoms with Gasteiger partial charge in [-0.25, -0.2) is 0 Å². The number of hydrogen-bond acceptors (Lipinski definition) is 0. The van der Waals surface area contributed by atoms with E-state index in [9.17, 15) is 0 Å². The van der Waals surface area contributed by atoms with Crippen LogP contribution >= 0.6 is 0 Å². The molecule has 35 heavy (non-hydrogen) atoms. The molecule has 0 nitrogen and oxygen atoms in total. The summed E-state index contributed by atoms with van der Waals surface area (Å²) in [4.78, 5) is 0. The minimum absolute atomic E-state index is 0. The van der Waals surface area contributed by atoms with Crippen LogP contribution in [0.1, 0.15) is 13.8 Å². The average molecular weight is 1560 g/mol. The molecule has 0 aliphatic heterocycles. The van der Waals surface area contributed by atoms with Gasteiger partial charge in [0, 0.05) is 458 Å². The van der Waals surface area contributed by atoms with E-state index in [1.807, 2.05) is 0 Å². The molecular weight excluding hydrogens is 1500 g/mol. The van der Waals surface area contributed by atoms with Crippen LogP contribution in [0.4, 0.5) is 0 Å². The van der Waals surface area contributed by atoms with Gasteiger partial charge in [-0.3, -0.25) is 0 Å². The third-order valence-electron chi connectivity index (χ3n) is 0. The standard InChI is InChI=1S/2C2H5.17CH3.14Y/c2*1-2;;;;;;;;;;;;;;;;;;;;;;;;;;;;;;;/h2*1H2,2H3;17*1H3;;;;;;;;;;;;;;/q19*-1;;;;;;;;;;;;;;. The molecule has 0 saturated heterocycles. The van der Waals surface area contributed by atoms with Crippen LogP contribution in [0.3, 0.4) is 0 Å². The van der Waals surface area contributed by atoms with E-state index in [1.54, 1.807) is 13.8 Å². The first-order valence-electron chi connectivity index (χ1n) is 1.41. The van der Waals surface area contributed by atoms with Crippen molar-refractivity contribution in [3.05, 3.63) is 140 Å². The van der Waals surface area contributed by atoms with Gasteiger partial charge in [-0.2, -0.15) is 13.8 Å². The van der Waals surface area contributed by atoms with Crippen molar-refractivity contribution in [2.75, 3.05) is 0 Å². The van der Waals surface area contributed by atoms with Gasteiger partial charge < -0.3 is 140 Å². The van der Waals surface area contributed by atoms with Gasteiger partial charge in [0.2, 0.25) is 0 Å². The Bertz CT molecular complexity index is 34.0. The van der Waals surface area contributed by atoms with Crippen LogP contribution in [-0.2, 0) is 458 Å². The summed E-state index contributed by atoms with van der Waals surface area (Å²) < 4.78 is 0. The maximum absolute atomic E-state index is 3.25. The summed E-state index contributed by atoms with van der Waals surface area (Å²) in [5, 5.41) is 0.